The zero-order chi connectivity index (χ0) is 9.14. The molecule has 1 N–H and O–H groups in total. The molecule has 0 radical (unpaired) electrons. The molecule has 12 heavy (non-hydrogen) atoms. The van der Waals surface area contributed by atoms with Gasteiger partial charge in [0.25, 0.3) is 0 Å². The van der Waals surface area contributed by atoms with E-state index >= 15 is 0 Å². The SMILES string of the molecule is C=C(CO)c1ccc(Cl)c(F)c1. The van der Waals surface area contributed by atoms with Crippen LogP contribution >= 0.6 is 11.6 Å². The van der Waals surface area contributed by atoms with Gasteiger partial charge in [-0.2, -0.15) is 0 Å². The minimum Gasteiger partial charge on any atom is -0.392 e. The molecule has 0 bridgehead atoms. The van der Waals surface area contributed by atoms with Crippen LogP contribution < -0.4 is 0 Å². The van der Waals surface area contributed by atoms with Crippen molar-refractivity contribution in [3.63, 3.8) is 0 Å². The number of halogens is 2. The fourth-order valence-corrected chi connectivity index (χ4v) is 0.925. The summed E-state index contributed by atoms with van der Waals surface area (Å²) in [4.78, 5) is 0. The van der Waals surface area contributed by atoms with Crippen LogP contribution in [0, 0.1) is 5.82 Å². The number of hydrogen-bond acceptors (Lipinski definition) is 1. The van der Waals surface area contributed by atoms with Gasteiger partial charge in [-0.25, -0.2) is 4.39 Å². The Morgan fingerprint density at radius 2 is 2.25 bits per heavy atom. The molecule has 0 unspecified atom stereocenters. The first-order chi connectivity index (χ1) is 5.65. The molecule has 0 aromatic heterocycles. The number of rotatable bonds is 2. The monoisotopic (exact) mass is 186 g/mol. The van der Waals surface area contributed by atoms with E-state index in [1.807, 2.05) is 0 Å². The van der Waals surface area contributed by atoms with Crippen molar-refractivity contribution in [2.75, 3.05) is 6.61 Å². The summed E-state index contributed by atoms with van der Waals surface area (Å²) in [5.41, 5.74) is 1.05. The second-order valence-electron chi connectivity index (χ2n) is 2.39. The first-order valence-electron chi connectivity index (χ1n) is 3.39. The Balaban J connectivity index is 3.05. The standard InChI is InChI=1S/C9H8ClFO/c1-6(5-12)7-2-3-8(10)9(11)4-7/h2-4,12H,1,5H2. The minimum atomic E-state index is -0.497. The highest BCUT2D eigenvalue weighted by atomic mass is 35.5. The Morgan fingerprint density at radius 1 is 1.58 bits per heavy atom. The molecule has 0 saturated carbocycles. The summed E-state index contributed by atoms with van der Waals surface area (Å²) < 4.78 is 12.8. The molecule has 0 heterocycles. The van der Waals surface area contributed by atoms with Crippen molar-refractivity contribution < 1.29 is 9.50 Å². The third-order valence-electron chi connectivity index (χ3n) is 1.52. The van der Waals surface area contributed by atoms with Crippen molar-refractivity contribution in [2.24, 2.45) is 0 Å². The summed E-state index contributed by atoms with van der Waals surface area (Å²) in [6.07, 6.45) is 0. The fourth-order valence-electron chi connectivity index (χ4n) is 0.807. The van der Waals surface area contributed by atoms with Crippen molar-refractivity contribution in [1.82, 2.24) is 0 Å². The molecule has 1 rings (SSSR count). The lowest BCUT2D eigenvalue weighted by molar-refractivity contribution is 0.350. The van der Waals surface area contributed by atoms with Gasteiger partial charge in [0.2, 0.25) is 0 Å². The van der Waals surface area contributed by atoms with E-state index in [1.54, 1.807) is 6.07 Å². The second kappa shape index (κ2) is 3.70. The van der Waals surface area contributed by atoms with Crippen molar-refractivity contribution in [2.45, 2.75) is 0 Å². The van der Waals surface area contributed by atoms with Gasteiger partial charge < -0.3 is 5.11 Å². The highest BCUT2D eigenvalue weighted by Crippen LogP contribution is 2.19. The molecule has 1 aromatic carbocycles. The van der Waals surface area contributed by atoms with Gasteiger partial charge >= 0.3 is 0 Å². The lowest BCUT2D eigenvalue weighted by atomic mass is 10.1. The molecule has 3 heteroatoms. The predicted octanol–water partition coefficient (Wildman–Crippen LogP) is 2.48. The largest absolute Gasteiger partial charge is 0.392 e. The van der Waals surface area contributed by atoms with E-state index in [-0.39, 0.29) is 11.6 Å². The van der Waals surface area contributed by atoms with Crippen molar-refractivity contribution in [3.8, 4) is 0 Å². The Morgan fingerprint density at radius 3 is 2.75 bits per heavy atom. The van der Waals surface area contributed by atoms with E-state index in [0.717, 1.165) is 0 Å². The van der Waals surface area contributed by atoms with E-state index in [2.05, 4.69) is 6.58 Å². The van der Waals surface area contributed by atoms with E-state index in [1.165, 1.54) is 12.1 Å². The molecule has 0 aliphatic rings. The maximum atomic E-state index is 12.8. The predicted molar refractivity (Wildman–Crippen MR) is 47.5 cm³/mol. The van der Waals surface area contributed by atoms with Crippen LogP contribution in [0.1, 0.15) is 5.56 Å². The maximum absolute atomic E-state index is 12.8. The molecule has 0 aliphatic heterocycles. The van der Waals surface area contributed by atoms with Gasteiger partial charge in [0.1, 0.15) is 5.82 Å². The summed E-state index contributed by atoms with van der Waals surface area (Å²) in [6.45, 7) is 3.37. The summed E-state index contributed by atoms with van der Waals surface area (Å²) in [5.74, 6) is -0.497. The Labute approximate surface area is 75.1 Å². The van der Waals surface area contributed by atoms with Gasteiger partial charge in [0, 0.05) is 0 Å². The third kappa shape index (κ3) is 1.84. The van der Waals surface area contributed by atoms with Crippen molar-refractivity contribution >= 4 is 17.2 Å². The molecule has 0 spiro atoms. The molecule has 64 valence electrons. The number of aliphatic hydroxyl groups is 1. The zero-order valence-corrected chi connectivity index (χ0v) is 7.11. The van der Waals surface area contributed by atoms with Gasteiger partial charge in [-0.1, -0.05) is 24.2 Å². The molecule has 0 aliphatic carbocycles. The highest BCUT2D eigenvalue weighted by molar-refractivity contribution is 6.30. The average Bonchev–Trinajstić information content (AvgIpc) is 2.08. The molecular formula is C9H8ClFO. The van der Waals surface area contributed by atoms with E-state index in [4.69, 9.17) is 16.7 Å². The van der Waals surface area contributed by atoms with Gasteiger partial charge in [-0.3, -0.25) is 0 Å². The van der Waals surface area contributed by atoms with E-state index < -0.39 is 5.82 Å². The van der Waals surface area contributed by atoms with Crippen LogP contribution in [0.5, 0.6) is 0 Å². The van der Waals surface area contributed by atoms with E-state index in [9.17, 15) is 4.39 Å². The zero-order valence-electron chi connectivity index (χ0n) is 6.35. The van der Waals surface area contributed by atoms with Crippen molar-refractivity contribution in [3.05, 3.63) is 41.2 Å². The summed E-state index contributed by atoms with van der Waals surface area (Å²) >= 11 is 5.46. The first-order valence-corrected chi connectivity index (χ1v) is 3.77. The topological polar surface area (TPSA) is 20.2 Å². The highest BCUT2D eigenvalue weighted by Gasteiger charge is 2.02. The van der Waals surface area contributed by atoms with Crippen LogP contribution in [0.3, 0.4) is 0 Å². The fraction of sp³-hybridized carbons (Fsp3) is 0.111. The minimum absolute atomic E-state index is 0.0736. The van der Waals surface area contributed by atoms with Crippen LogP contribution in [0.25, 0.3) is 5.57 Å². The molecule has 1 aromatic rings. The van der Waals surface area contributed by atoms with Crippen LogP contribution in [0.15, 0.2) is 24.8 Å². The van der Waals surface area contributed by atoms with Crippen LogP contribution in [0.4, 0.5) is 4.39 Å². The Hall–Kier alpha value is -0.860. The van der Waals surface area contributed by atoms with Gasteiger partial charge in [0.05, 0.1) is 11.6 Å². The van der Waals surface area contributed by atoms with Crippen LogP contribution in [-0.2, 0) is 0 Å². The summed E-state index contributed by atoms with van der Waals surface area (Å²) in [7, 11) is 0. The second-order valence-corrected chi connectivity index (χ2v) is 2.80. The molecule has 0 saturated heterocycles. The smallest absolute Gasteiger partial charge is 0.142 e. The molecule has 0 fully saturated rings. The quantitative estimate of drug-likeness (QED) is 0.753. The number of aliphatic hydroxyl groups excluding tert-OH is 1. The lowest BCUT2D eigenvalue weighted by Crippen LogP contribution is -1.89. The molecule has 0 amide bonds. The first kappa shape index (κ1) is 9.23. The number of hydrogen-bond donors (Lipinski definition) is 1. The van der Waals surface area contributed by atoms with E-state index in [0.29, 0.717) is 11.1 Å². The maximum Gasteiger partial charge on any atom is 0.142 e. The summed E-state index contributed by atoms with van der Waals surface area (Å²) in [6, 6.07) is 4.30. The van der Waals surface area contributed by atoms with Gasteiger partial charge in [0.15, 0.2) is 0 Å². The average molecular weight is 187 g/mol. The Kier molecular flexibility index (Phi) is 2.84. The molecule has 0 atom stereocenters. The third-order valence-corrected chi connectivity index (χ3v) is 1.83. The van der Waals surface area contributed by atoms with Crippen molar-refractivity contribution in [1.29, 1.82) is 0 Å². The summed E-state index contributed by atoms with van der Waals surface area (Å²) in [5, 5.41) is 8.77. The molecular weight excluding hydrogens is 179 g/mol. The Bertz CT molecular complexity index is 309. The normalized spacial score (nSPS) is 9.92. The van der Waals surface area contributed by atoms with Crippen LogP contribution in [-0.4, -0.2) is 11.7 Å². The van der Waals surface area contributed by atoms with Gasteiger partial charge in [-0.05, 0) is 23.3 Å². The lowest BCUT2D eigenvalue weighted by Gasteiger charge is -2.02. The van der Waals surface area contributed by atoms with Gasteiger partial charge in [-0.15, -0.1) is 0 Å². The van der Waals surface area contributed by atoms with Crippen LogP contribution in [0.2, 0.25) is 5.02 Å². The molecule has 1 nitrogen and oxygen atoms in total. The number of benzene rings is 1.